The van der Waals surface area contributed by atoms with E-state index in [1.54, 1.807) is 15.5 Å². The van der Waals surface area contributed by atoms with Crippen LogP contribution >= 0.6 is 15.9 Å². The van der Waals surface area contributed by atoms with Crippen molar-refractivity contribution in [3.8, 4) is 0 Å². The zero-order chi connectivity index (χ0) is 12.5. The average Bonchev–Trinajstić information content (AvgIpc) is 2.93. The van der Waals surface area contributed by atoms with Crippen LogP contribution in [0.2, 0.25) is 0 Å². The first kappa shape index (κ1) is 11.1. The highest BCUT2D eigenvalue weighted by Gasteiger charge is 2.06. The van der Waals surface area contributed by atoms with E-state index in [-0.39, 0.29) is 0 Å². The van der Waals surface area contributed by atoms with Gasteiger partial charge in [0.05, 0.1) is 11.0 Å². The molecule has 0 spiro atoms. The van der Waals surface area contributed by atoms with Crippen LogP contribution in [0, 0.1) is 0 Å². The number of fused-ring (bicyclic) bond motifs is 1. The summed E-state index contributed by atoms with van der Waals surface area (Å²) in [4.78, 5) is 8.49. The molecule has 0 unspecified atom stereocenters. The molecular formula is C10H10BrN7. The van der Waals surface area contributed by atoms with Crippen LogP contribution in [0.25, 0.3) is 5.65 Å². The highest BCUT2D eigenvalue weighted by atomic mass is 79.9. The van der Waals surface area contributed by atoms with E-state index < -0.39 is 0 Å². The quantitative estimate of drug-likeness (QED) is 0.788. The molecule has 0 aliphatic carbocycles. The fourth-order valence-corrected chi connectivity index (χ4v) is 1.99. The normalized spacial score (nSPS) is 11.0. The maximum absolute atomic E-state index is 4.37. The molecule has 3 rings (SSSR count). The van der Waals surface area contributed by atoms with Gasteiger partial charge in [-0.25, -0.2) is 9.50 Å². The lowest BCUT2D eigenvalue weighted by Crippen LogP contribution is -2.03. The predicted octanol–water partition coefficient (Wildman–Crippen LogP) is 1.23. The molecule has 0 radical (unpaired) electrons. The lowest BCUT2D eigenvalue weighted by molar-refractivity contribution is 0.746. The fraction of sp³-hybridized carbons (Fsp3) is 0.200. The first-order valence-electron chi connectivity index (χ1n) is 5.31. The zero-order valence-electron chi connectivity index (χ0n) is 9.58. The topological polar surface area (TPSA) is 72.9 Å². The monoisotopic (exact) mass is 307 g/mol. The Kier molecular flexibility index (Phi) is 2.71. The van der Waals surface area contributed by atoms with Crippen molar-refractivity contribution < 1.29 is 0 Å². The number of rotatable bonds is 3. The molecule has 7 nitrogen and oxygen atoms in total. The number of hydrogen-bond donors (Lipinski definition) is 1. The number of aryl methyl sites for hydroxylation is 1. The van der Waals surface area contributed by atoms with Gasteiger partial charge in [0, 0.05) is 13.2 Å². The summed E-state index contributed by atoms with van der Waals surface area (Å²) in [5.74, 6) is 1.25. The smallest absolute Gasteiger partial charge is 0.243 e. The molecule has 3 aromatic heterocycles. The zero-order valence-corrected chi connectivity index (χ0v) is 11.2. The second-order valence-corrected chi connectivity index (χ2v) is 4.60. The number of nitrogens with one attached hydrogen (secondary N) is 1. The first-order valence-corrected chi connectivity index (χ1v) is 6.11. The van der Waals surface area contributed by atoms with Crippen molar-refractivity contribution in [1.29, 1.82) is 0 Å². The molecule has 0 bridgehead atoms. The molecular weight excluding hydrogens is 298 g/mol. The molecule has 0 saturated carbocycles. The van der Waals surface area contributed by atoms with Gasteiger partial charge in [0.15, 0.2) is 11.5 Å². The van der Waals surface area contributed by atoms with Crippen LogP contribution in [-0.2, 0) is 13.6 Å². The van der Waals surface area contributed by atoms with Crippen molar-refractivity contribution in [2.75, 3.05) is 5.32 Å². The van der Waals surface area contributed by atoms with Gasteiger partial charge in [0.1, 0.15) is 6.33 Å². The van der Waals surface area contributed by atoms with Gasteiger partial charge in [-0.2, -0.15) is 10.1 Å². The average molecular weight is 308 g/mol. The summed E-state index contributed by atoms with van der Waals surface area (Å²) in [5.41, 5.74) is 0.772. The molecule has 1 N–H and O–H groups in total. The van der Waals surface area contributed by atoms with Gasteiger partial charge in [0.2, 0.25) is 5.95 Å². The third kappa shape index (κ3) is 2.06. The molecule has 0 aromatic carbocycles. The third-order valence-electron chi connectivity index (χ3n) is 2.37. The summed E-state index contributed by atoms with van der Waals surface area (Å²) >= 11 is 3.43. The van der Waals surface area contributed by atoms with E-state index >= 15 is 0 Å². The van der Waals surface area contributed by atoms with Gasteiger partial charge in [-0.1, -0.05) is 0 Å². The molecule has 0 amide bonds. The second-order valence-electron chi connectivity index (χ2n) is 3.75. The van der Waals surface area contributed by atoms with Crippen molar-refractivity contribution in [2.24, 2.45) is 7.05 Å². The molecule has 18 heavy (non-hydrogen) atoms. The molecule has 3 aromatic rings. The highest BCUT2D eigenvalue weighted by molar-refractivity contribution is 9.10. The van der Waals surface area contributed by atoms with E-state index in [0.717, 1.165) is 10.1 Å². The van der Waals surface area contributed by atoms with Crippen molar-refractivity contribution in [2.45, 2.75) is 6.54 Å². The summed E-state index contributed by atoms with van der Waals surface area (Å²) in [6, 6.07) is 3.82. The Bertz CT molecular complexity index is 686. The molecule has 3 heterocycles. The number of hydrogen-bond acceptors (Lipinski definition) is 5. The molecule has 0 aliphatic rings. The molecule has 92 valence electrons. The van der Waals surface area contributed by atoms with Crippen LogP contribution < -0.4 is 5.32 Å². The number of halogens is 1. The summed E-state index contributed by atoms with van der Waals surface area (Å²) in [5, 5.41) is 11.6. The Balaban J connectivity index is 1.81. The lowest BCUT2D eigenvalue weighted by atomic mass is 10.5. The van der Waals surface area contributed by atoms with Gasteiger partial charge >= 0.3 is 0 Å². The van der Waals surface area contributed by atoms with E-state index in [4.69, 9.17) is 0 Å². The summed E-state index contributed by atoms with van der Waals surface area (Å²) in [6.07, 6.45) is 3.50. The van der Waals surface area contributed by atoms with Crippen LogP contribution in [0.3, 0.4) is 0 Å². The third-order valence-corrected chi connectivity index (χ3v) is 2.99. The minimum atomic E-state index is 0.495. The van der Waals surface area contributed by atoms with E-state index in [0.29, 0.717) is 18.3 Å². The summed E-state index contributed by atoms with van der Waals surface area (Å²) < 4.78 is 4.27. The number of nitrogens with zero attached hydrogens (tertiary/aromatic N) is 6. The van der Waals surface area contributed by atoms with Crippen molar-refractivity contribution in [3.05, 3.63) is 35.0 Å². The van der Waals surface area contributed by atoms with E-state index in [9.17, 15) is 0 Å². The van der Waals surface area contributed by atoms with Crippen LogP contribution in [0.5, 0.6) is 0 Å². The largest absolute Gasteiger partial charge is 0.346 e. The fourth-order valence-electron chi connectivity index (χ4n) is 1.57. The van der Waals surface area contributed by atoms with Crippen molar-refractivity contribution in [3.63, 3.8) is 0 Å². The maximum atomic E-state index is 4.37. The lowest BCUT2D eigenvalue weighted by Gasteiger charge is -1.95. The van der Waals surface area contributed by atoms with Gasteiger partial charge in [-0.3, -0.25) is 4.68 Å². The molecule has 0 saturated heterocycles. The Morgan fingerprint density at radius 3 is 3.00 bits per heavy atom. The Morgan fingerprint density at radius 1 is 1.39 bits per heavy atom. The van der Waals surface area contributed by atoms with E-state index in [2.05, 4.69) is 41.4 Å². The van der Waals surface area contributed by atoms with Crippen LogP contribution in [-0.4, -0.2) is 29.4 Å². The molecule has 8 heteroatoms. The van der Waals surface area contributed by atoms with Crippen molar-refractivity contribution >= 4 is 27.5 Å². The highest BCUT2D eigenvalue weighted by Crippen LogP contribution is 2.16. The number of pyridine rings is 1. The van der Waals surface area contributed by atoms with Gasteiger partial charge in [-0.05, 0) is 28.1 Å². The molecule has 0 aliphatic heterocycles. The SMILES string of the molecule is Cn1cnc(CNc2nc3c(Br)cccn3n2)n1. The summed E-state index contributed by atoms with van der Waals surface area (Å²) in [7, 11) is 1.83. The minimum Gasteiger partial charge on any atom is -0.346 e. The Labute approximate surface area is 111 Å². The van der Waals surface area contributed by atoms with Gasteiger partial charge in [-0.15, -0.1) is 5.10 Å². The maximum Gasteiger partial charge on any atom is 0.243 e. The van der Waals surface area contributed by atoms with Gasteiger partial charge < -0.3 is 5.32 Å². The van der Waals surface area contributed by atoms with Gasteiger partial charge in [0.25, 0.3) is 0 Å². The summed E-state index contributed by atoms with van der Waals surface area (Å²) in [6.45, 7) is 0.495. The van der Waals surface area contributed by atoms with Crippen LogP contribution in [0.15, 0.2) is 29.1 Å². The van der Waals surface area contributed by atoms with Crippen LogP contribution in [0.4, 0.5) is 5.95 Å². The van der Waals surface area contributed by atoms with Crippen LogP contribution in [0.1, 0.15) is 5.82 Å². The second kappa shape index (κ2) is 4.37. The van der Waals surface area contributed by atoms with Crippen molar-refractivity contribution in [1.82, 2.24) is 29.4 Å². The van der Waals surface area contributed by atoms with E-state index in [1.807, 2.05) is 25.4 Å². The predicted molar refractivity (Wildman–Crippen MR) is 69.0 cm³/mol. The number of anilines is 1. The Hall–Kier alpha value is -1.96. The first-order chi connectivity index (χ1) is 8.72. The molecule has 0 atom stereocenters. The standard InChI is InChI=1S/C10H10BrN7/c1-17-6-13-8(15-17)5-12-10-14-9-7(11)3-2-4-18(9)16-10/h2-4,6H,5H2,1H3,(H,12,16). The minimum absolute atomic E-state index is 0.495. The Morgan fingerprint density at radius 2 is 2.28 bits per heavy atom. The number of aromatic nitrogens is 6. The van der Waals surface area contributed by atoms with E-state index in [1.165, 1.54) is 0 Å². The molecule has 0 fully saturated rings.